The lowest BCUT2D eigenvalue weighted by molar-refractivity contribution is -0.151. The Bertz CT molecular complexity index is 1080. The summed E-state index contributed by atoms with van der Waals surface area (Å²) in [7, 11) is -3.53. The first-order chi connectivity index (χ1) is 16.0. The summed E-state index contributed by atoms with van der Waals surface area (Å²) in [6, 6.07) is 15.9. The fraction of sp³-hybridized carbons (Fsp3) is 0.385. The number of sulfonamides is 1. The molecule has 0 aliphatic rings. The number of nitrogens with zero attached hydrogens (tertiary/aromatic N) is 2. The number of carbonyl (C=O) groups excluding carboxylic acids is 2. The zero-order valence-corrected chi connectivity index (χ0v) is 21.3. The van der Waals surface area contributed by atoms with Crippen LogP contribution in [0.25, 0.3) is 6.08 Å². The Morgan fingerprint density at radius 1 is 0.941 bits per heavy atom. The van der Waals surface area contributed by atoms with Gasteiger partial charge in [-0.2, -0.15) is 4.31 Å². The minimum absolute atomic E-state index is 0.196. The van der Waals surface area contributed by atoms with Crippen molar-refractivity contribution in [2.24, 2.45) is 0 Å². The number of esters is 1. The van der Waals surface area contributed by atoms with Crippen LogP contribution < -0.4 is 0 Å². The van der Waals surface area contributed by atoms with E-state index in [0.717, 1.165) is 5.56 Å². The molecule has 0 bridgehead atoms. The van der Waals surface area contributed by atoms with E-state index < -0.39 is 21.5 Å². The molecule has 0 unspecified atom stereocenters. The van der Waals surface area contributed by atoms with Crippen LogP contribution >= 0.6 is 0 Å². The van der Waals surface area contributed by atoms with Crippen LogP contribution in [0.5, 0.6) is 0 Å². The van der Waals surface area contributed by atoms with E-state index in [4.69, 9.17) is 4.74 Å². The van der Waals surface area contributed by atoms with Gasteiger partial charge in [0.05, 0.1) is 4.90 Å². The minimum Gasteiger partial charge on any atom is -0.452 e. The first kappa shape index (κ1) is 27.3. The third-order valence-corrected chi connectivity index (χ3v) is 7.33. The Kier molecular flexibility index (Phi) is 9.58. The highest BCUT2D eigenvalue weighted by Crippen LogP contribution is 2.19. The van der Waals surface area contributed by atoms with E-state index in [9.17, 15) is 18.0 Å². The Hall–Kier alpha value is -2.97. The zero-order chi connectivity index (χ0) is 25.4. The molecule has 184 valence electrons. The maximum Gasteiger partial charge on any atom is 0.331 e. The van der Waals surface area contributed by atoms with E-state index in [1.165, 1.54) is 28.6 Å². The van der Waals surface area contributed by atoms with Gasteiger partial charge in [-0.05, 0) is 50.1 Å². The van der Waals surface area contributed by atoms with Crippen LogP contribution in [0.15, 0.2) is 65.6 Å². The molecule has 7 nitrogen and oxygen atoms in total. The van der Waals surface area contributed by atoms with E-state index in [0.29, 0.717) is 25.2 Å². The lowest BCUT2D eigenvalue weighted by Gasteiger charge is -2.35. The highest BCUT2D eigenvalue weighted by atomic mass is 32.2. The van der Waals surface area contributed by atoms with Crippen LogP contribution in [0, 0.1) is 0 Å². The van der Waals surface area contributed by atoms with Crippen molar-refractivity contribution in [1.82, 2.24) is 9.21 Å². The first-order valence-electron chi connectivity index (χ1n) is 11.3. The Morgan fingerprint density at radius 2 is 1.53 bits per heavy atom. The van der Waals surface area contributed by atoms with Crippen molar-refractivity contribution in [3.05, 3.63) is 71.8 Å². The molecular formula is C26H34N2O5S. The Labute approximate surface area is 203 Å². The summed E-state index contributed by atoms with van der Waals surface area (Å²) in [5, 5.41) is 0. The fourth-order valence-corrected chi connectivity index (χ4v) is 4.81. The van der Waals surface area contributed by atoms with Crippen molar-refractivity contribution < 1.29 is 22.7 Å². The monoisotopic (exact) mass is 486 g/mol. The van der Waals surface area contributed by atoms with Crippen LogP contribution in [-0.4, -0.2) is 54.7 Å². The second-order valence-corrected chi connectivity index (χ2v) is 10.7. The number of amides is 1. The molecule has 0 heterocycles. The standard InChI is InChI=1S/C26H34N2O5S/c1-6-27(7-2)34(31,32)23-16-13-21(14-17-23)15-18-25(30)33-20-24(29)28(26(3,4)5)19-22-11-9-8-10-12-22/h8-18H,6-7,19-20H2,1-5H3. The summed E-state index contributed by atoms with van der Waals surface area (Å²) in [6.07, 6.45) is 2.74. The van der Waals surface area contributed by atoms with Crippen molar-refractivity contribution in [1.29, 1.82) is 0 Å². The molecule has 0 aliphatic carbocycles. The van der Waals surface area contributed by atoms with Crippen LogP contribution in [-0.2, 0) is 30.9 Å². The summed E-state index contributed by atoms with van der Waals surface area (Å²) in [6.45, 7) is 10.2. The number of rotatable bonds is 10. The summed E-state index contributed by atoms with van der Waals surface area (Å²) < 4.78 is 31.7. The van der Waals surface area contributed by atoms with Crippen molar-refractivity contribution in [2.45, 2.75) is 51.6 Å². The van der Waals surface area contributed by atoms with Gasteiger partial charge in [-0.1, -0.05) is 56.3 Å². The van der Waals surface area contributed by atoms with Gasteiger partial charge in [-0.25, -0.2) is 13.2 Å². The smallest absolute Gasteiger partial charge is 0.331 e. The van der Waals surface area contributed by atoms with Crippen LogP contribution in [0.3, 0.4) is 0 Å². The summed E-state index contributed by atoms with van der Waals surface area (Å²) >= 11 is 0. The first-order valence-corrected chi connectivity index (χ1v) is 12.7. The van der Waals surface area contributed by atoms with Crippen LogP contribution in [0.1, 0.15) is 45.7 Å². The van der Waals surface area contributed by atoms with E-state index in [2.05, 4.69) is 0 Å². The summed E-state index contributed by atoms with van der Waals surface area (Å²) in [4.78, 5) is 26.8. The number of ether oxygens (including phenoxy) is 1. The number of carbonyl (C=O) groups is 2. The van der Waals surface area contributed by atoms with Crippen LogP contribution in [0.4, 0.5) is 0 Å². The van der Waals surface area contributed by atoms with Crippen molar-refractivity contribution >= 4 is 28.0 Å². The Balaban J connectivity index is 1.98. The van der Waals surface area contributed by atoms with Gasteiger partial charge in [0.1, 0.15) is 0 Å². The molecule has 0 atom stereocenters. The maximum atomic E-state index is 12.8. The predicted octanol–water partition coefficient (Wildman–Crippen LogP) is 4.10. The molecular weight excluding hydrogens is 452 g/mol. The van der Waals surface area contributed by atoms with Gasteiger partial charge < -0.3 is 9.64 Å². The van der Waals surface area contributed by atoms with Gasteiger partial charge >= 0.3 is 5.97 Å². The van der Waals surface area contributed by atoms with E-state index >= 15 is 0 Å². The molecule has 0 radical (unpaired) electrons. The summed E-state index contributed by atoms with van der Waals surface area (Å²) in [5.74, 6) is -0.939. The highest BCUT2D eigenvalue weighted by Gasteiger charge is 2.27. The second-order valence-electron chi connectivity index (χ2n) is 8.74. The van der Waals surface area contributed by atoms with E-state index in [1.54, 1.807) is 30.9 Å². The minimum atomic E-state index is -3.53. The maximum absolute atomic E-state index is 12.8. The normalized spacial score (nSPS) is 12.2. The van der Waals surface area contributed by atoms with Crippen molar-refractivity contribution in [3.63, 3.8) is 0 Å². The van der Waals surface area contributed by atoms with Gasteiger partial charge in [0.15, 0.2) is 6.61 Å². The lowest BCUT2D eigenvalue weighted by Crippen LogP contribution is -2.46. The van der Waals surface area contributed by atoms with E-state index in [-0.39, 0.29) is 17.4 Å². The number of hydrogen-bond donors (Lipinski definition) is 0. The largest absolute Gasteiger partial charge is 0.452 e. The molecule has 2 rings (SSSR count). The predicted molar refractivity (Wildman–Crippen MR) is 133 cm³/mol. The SMILES string of the molecule is CCN(CC)S(=O)(=O)c1ccc(C=CC(=O)OCC(=O)N(Cc2ccccc2)C(C)(C)C)cc1. The van der Waals surface area contributed by atoms with Gasteiger partial charge in [-0.3, -0.25) is 4.79 Å². The molecule has 0 N–H and O–H groups in total. The number of hydrogen-bond acceptors (Lipinski definition) is 5. The average Bonchev–Trinajstić information content (AvgIpc) is 2.80. The molecule has 34 heavy (non-hydrogen) atoms. The molecule has 0 saturated carbocycles. The molecule has 1 amide bonds. The second kappa shape index (κ2) is 11.9. The molecule has 0 saturated heterocycles. The third-order valence-electron chi connectivity index (χ3n) is 5.27. The molecule has 2 aromatic rings. The van der Waals surface area contributed by atoms with Crippen molar-refractivity contribution in [2.75, 3.05) is 19.7 Å². The zero-order valence-electron chi connectivity index (χ0n) is 20.5. The molecule has 2 aromatic carbocycles. The summed E-state index contributed by atoms with van der Waals surface area (Å²) in [5.41, 5.74) is 1.19. The Morgan fingerprint density at radius 3 is 2.06 bits per heavy atom. The van der Waals surface area contributed by atoms with Crippen molar-refractivity contribution in [3.8, 4) is 0 Å². The topological polar surface area (TPSA) is 84.0 Å². The van der Waals surface area contributed by atoms with Crippen LogP contribution in [0.2, 0.25) is 0 Å². The third kappa shape index (κ3) is 7.53. The molecule has 0 spiro atoms. The lowest BCUT2D eigenvalue weighted by atomic mass is 10.0. The molecule has 0 aliphatic heterocycles. The highest BCUT2D eigenvalue weighted by molar-refractivity contribution is 7.89. The molecule has 8 heteroatoms. The molecule has 0 aromatic heterocycles. The van der Waals surface area contributed by atoms with Gasteiger partial charge in [0, 0.05) is 31.2 Å². The van der Waals surface area contributed by atoms with E-state index in [1.807, 2.05) is 51.1 Å². The average molecular weight is 487 g/mol. The van der Waals surface area contributed by atoms with Gasteiger partial charge in [0.2, 0.25) is 10.0 Å². The fourth-order valence-electron chi connectivity index (χ4n) is 3.35. The quantitative estimate of drug-likeness (QED) is 0.373. The van der Waals surface area contributed by atoms with Gasteiger partial charge in [-0.15, -0.1) is 0 Å². The number of benzene rings is 2. The molecule has 0 fully saturated rings. The van der Waals surface area contributed by atoms with Gasteiger partial charge in [0.25, 0.3) is 5.91 Å².